The quantitative estimate of drug-likeness (QED) is 0.703. The van der Waals surface area contributed by atoms with E-state index in [0.29, 0.717) is 12.1 Å². The molecule has 3 rings (SSSR count). The summed E-state index contributed by atoms with van der Waals surface area (Å²) in [6, 6.07) is 15.2. The van der Waals surface area contributed by atoms with Crippen molar-refractivity contribution in [1.29, 1.82) is 0 Å². The van der Waals surface area contributed by atoms with Crippen molar-refractivity contribution in [3.63, 3.8) is 0 Å². The zero-order valence-electron chi connectivity index (χ0n) is 14.3. The van der Waals surface area contributed by atoms with Gasteiger partial charge in [0.05, 0.1) is 7.11 Å². The summed E-state index contributed by atoms with van der Waals surface area (Å²) >= 11 is 0. The SMILES string of the molecule is COc1ccc(CNC(=O)Cn2cc(C(C)=O)c3ccccc32)cc1. The van der Waals surface area contributed by atoms with E-state index in [1.165, 1.54) is 6.92 Å². The van der Waals surface area contributed by atoms with Crippen LogP contribution in [0.1, 0.15) is 22.8 Å². The predicted molar refractivity (Wildman–Crippen MR) is 96.8 cm³/mol. The summed E-state index contributed by atoms with van der Waals surface area (Å²) in [5.74, 6) is 0.672. The van der Waals surface area contributed by atoms with Crippen molar-refractivity contribution in [3.8, 4) is 5.75 Å². The molecule has 0 aliphatic rings. The van der Waals surface area contributed by atoms with E-state index in [-0.39, 0.29) is 18.2 Å². The largest absolute Gasteiger partial charge is 0.497 e. The van der Waals surface area contributed by atoms with Gasteiger partial charge in [0.25, 0.3) is 0 Å². The van der Waals surface area contributed by atoms with Gasteiger partial charge in [0.2, 0.25) is 5.91 Å². The number of nitrogens with zero attached hydrogens (tertiary/aromatic N) is 1. The summed E-state index contributed by atoms with van der Waals surface area (Å²) in [7, 11) is 1.62. The Morgan fingerprint density at radius 2 is 1.80 bits per heavy atom. The Kier molecular flexibility index (Phi) is 4.84. The molecule has 0 bridgehead atoms. The Hall–Kier alpha value is -3.08. The molecule has 0 radical (unpaired) electrons. The molecule has 5 heteroatoms. The highest BCUT2D eigenvalue weighted by Gasteiger charge is 2.13. The molecular formula is C20H20N2O3. The number of ketones is 1. The number of nitrogens with one attached hydrogen (secondary N) is 1. The van der Waals surface area contributed by atoms with E-state index >= 15 is 0 Å². The Balaban J connectivity index is 1.70. The number of amides is 1. The Bertz CT molecular complexity index is 910. The van der Waals surface area contributed by atoms with Crippen LogP contribution in [0.4, 0.5) is 0 Å². The van der Waals surface area contributed by atoms with Crippen LogP contribution < -0.4 is 10.1 Å². The van der Waals surface area contributed by atoms with Crippen LogP contribution in [0.5, 0.6) is 5.75 Å². The number of methoxy groups -OCH3 is 1. The second kappa shape index (κ2) is 7.21. The van der Waals surface area contributed by atoms with E-state index in [1.54, 1.807) is 13.3 Å². The molecule has 0 atom stereocenters. The Labute approximate surface area is 146 Å². The molecule has 0 saturated carbocycles. The first-order valence-electron chi connectivity index (χ1n) is 8.07. The van der Waals surface area contributed by atoms with E-state index < -0.39 is 0 Å². The summed E-state index contributed by atoms with van der Waals surface area (Å²) in [6.07, 6.45) is 1.75. The van der Waals surface area contributed by atoms with Crippen LogP contribution in [0.2, 0.25) is 0 Å². The molecule has 5 nitrogen and oxygen atoms in total. The van der Waals surface area contributed by atoms with Crippen LogP contribution >= 0.6 is 0 Å². The van der Waals surface area contributed by atoms with Crippen molar-refractivity contribution in [3.05, 3.63) is 65.9 Å². The molecule has 25 heavy (non-hydrogen) atoms. The van der Waals surface area contributed by atoms with Crippen LogP contribution in [0.3, 0.4) is 0 Å². The topological polar surface area (TPSA) is 60.3 Å². The minimum atomic E-state index is -0.105. The number of hydrogen-bond acceptors (Lipinski definition) is 3. The van der Waals surface area contributed by atoms with Crippen molar-refractivity contribution in [2.45, 2.75) is 20.0 Å². The van der Waals surface area contributed by atoms with Gasteiger partial charge in [-0.05, 0) is 30.7 Å². The lowest BCUT2D eigenvalue weighted by atomic mass is 10.1. The number of Topliss-reactive ketones (excluding diaryl/α,β-unsaturated/α-hetero) is 1. The maximum atomic E-state index is 12.3. The standard InChI is InChI=1S/C20H20N2O3/c1-14(23)18-12-22(19-6-4-3-5-17(18)19)13-20(24)21-11-15-7-9-16(25-2)10-8-15/h3-10,12H,11,13H2,1-2H3,(H,21,24). The number of hydrogen-bond donors (Lipinski definition) is 1. The third kappa shape index (κ3) is 3.71. The first kappa shape index (κ1) is 16.8. The number of aromatic nitrogens is 1. The number of benzene rings is 2. The number of fused-ring (bicyclic) bond motifs is 1. The summed E-state index contributed by atoms with van der Waals surface area (Å²) in [5.41, 5.74) is 2.52. The minimum Gasteiger partial charge on any atom is -0.497 e. The van der Waals surface area contributed by atoms with Crippen molar-refractivity contribution in [1.82, 2.24) is 9.88 Å². The van der Waals surface area contributed by atoms with Crippen LogP contribution in [-0.4, -0.2) is 23.4 Å². The maximum absolute atomic E-state index is 12.3. The highest BCUT2D eigenvalue weighted by atomic mass is 16.5. The molecule has 0 unspecified atom stereocenters. The van der Waals surface area contributed by atoms with E-state index in [0.717, 1.165) is 22.2 Å². The average Bonchev–Trinajstić information content (AvgIpc) is 2.99. The highest BCUT2D eigenvalue weighted by molar-refractivity contribution is 6.07. The molecule has 2 aromatic carbocycles. The van der Waals surface area contributed by atoms with Gasteiger partial charge in [0, 0.05) is 29.2 Å². The van der Waals surface area contributed by atoms with Gasteiger partial charge in [0.1, 0.15) is 12.3 Å². The van der Waals surface area contributed by atoms with E-state index in [2.05, 4.69) is 5.32 Å². The molecule has 1 aromatic heterocycles. The summed E-state index contributed by atoms with van der Waals surface area (Å²) < 4.78 is 6.93. The number of ether oxygens (including phenoxy) is 1. The second-order valence-corrected chi connectivity index (χ2v) is 5.87. The van der Waals surface area contributed by atoms with E-state index in [9.17, 15) is 9.59 Å². The van der Waals surface area contributed by atoms with Gasteiger partial charge in [-0.25, -0.2) is 0 Å². The first-order valence-corrected chi connectivity index (χ1v) is 8.07. The van der Waals surface area contributed by atoms with E-state index in [1.807, 2.05) is 53.1 Å². The van der Waals surface area contributed by atoms with Crippen molar-refractivity contribution in [2.24, 2.45) is 0 Å². The zero-order valence-corrected chi connectivity index (χ0v) is 14.3. The first-order chi connectivity index (χ1) is 12.1. The van der Waals surface area contributed by atoms with Gasteiger partial charge in [-0.3, -0.25) is 9.59 Å². The third-order valence-corrected chi connectivity index (χ3v) is 4.13. The van der Waals surface area contributed by atoms with Gasteiger partial charge >= 0.3 is 0 Å². The van der Waals surface area contributed by atoms with E-state index in [4.69, 9.17) is 4.74 Å². The van der Waals surface area contributed by atoms with Crippen molar-refractivity contribution >= 4 is 22.6 Å². The normalized spacial score (nSPS) is 10.6. The van der Waals surface area contributed by atoms with Gasteiger partial charge in [0.15, 0.2) is 5.78 Å². The Morgan fingerprint density at radius 3 is 2.48 bits per heavy atom. The summed E-state index contributed by atoms with van der Waals surface area (Å²) in [4.78, 5) is 24.1. The monoisotopic (exact) mass is 336 g/mol. The van der Waals surface area contributed by atoms with Gasteiger partial charge in [-0.2, -0.15) is 0 Å². The molecular weight excluding hydrogens is 316 g/mol. The number of rotatable bonds is 6. The van der Waals surface area contributed by atoms with Crippen molar-refractivity contribution in [2.75, 3.05) is 7.11 Å². The number of para-hydroxylation sites is 1. The number of carbonyl (C=O) groups is 2. The molecule has 0 saturated heterocycles. The van der Waals surface area contributed by atoms with Crippen LogP contribution in [0.15, 0.2) is 54.7 Å². The van der Waals surface area contributed by atoms with Crippen LogP contribution in [0, 0.1) is 0 Å². The van der Waals surface area contributed by atoms with Crippen LogP contribution in [-0.2, 0) is 17.9 Å². The minimum absolute atomic E-state index is 0.00593. The molecule has 0 aliphatic heterocycles. The molecule has 0 spiro atoms. The fourth-order valence-electron chi connectivity index (χ4n) is 2.81. The molecule has 1 heterocycles. The molecule has 1 N–H and O–H groups in total. The van der Waals surface area contributed by atoms with Gasteiger partial charge in [-0.15, -0.1) is 0 Å². The lowest BCUT2D eigenvalue weighted by Gasteiger charge is -2.08. The molecule has 0 aliphatic carbocycles. The Morgan fingerprint density at radius 1 is 1.08 bits per heavy atom. The molecule has 0 fully saturated rings. The summed E-state index contributed by atoms with van der Waals surface area (Å²) in [5, 5.41) is 3.78. The highest BCUT2D eigenvalue weighted by Crippen LogP contribution is 2.21. The van der Waals surface area contributed by atoms with Gasteiger partial charge < -0.3 is 14.6 Å². The fourth-order valence-corrected chi connectivity index (χ4v) is 2.81. The summed E-state index contributed by atoms with van der Waals surface area (Å²) in [6.45, 7) is 2.15. The predicted octanol–water partition coefficient (Wildman–Crippen LogP) is 3.17. The lowest BCUT2D eigenvalue weighted by Crippen LogP contribution is -2.26. The molecule has 3 aromatic rings. The maximum Gasteiger partial charge on any atom is 0.240 e. The zero-order chi connectivity index (χ0) is 17.8. The molecule has 128 valence electrons. The van der Waals surface area contributed by atoms with Gasteiger partial charge in [-0.1, -0.05) is 30.3 Å². The number of carbonyl (C=O) groups excluding carboxylic acids is 2. The lowest BCUT2D eigenvalue weighted by molar-refractivity contribution is -0.121. The van der Waals surface area contributed by atoms with Crippen LogP contribution in [0.25, 0.3) is 10.9 Å². The second-order valence-electron chi connectivity index (χ2n) is 5.87. The average molecular weight is 336 g/mol. The third-order valence-electron chi connectivity index (χ3n) is 4.13. The van der Waals surface area contributed by atoms with Crippen molar-refractivity contribution < 1.29 is 14.3 Å². The fraction of sp³-hybridized carbons (Fsp3) is 0.200. The smallest absolute Gasteiger partial charge is 0.240 e. The molecule has 1 amide bonds.